The number of benzene rings is 1. The summed E-state index contributed by atoms with van der Waals surface area (Å²) in [6.45, 7) is -0.264. The van der Waals surface area contributed by atoms with Gasteiger partial charge in [-0.05, 0) is 18.4 Å². The topological polar surface area (TPSA) is 148 Å². The second-order valence-electron chi connectivity index (χ2n) is 7.03. The minimum absolute atomic E-state index is 0.264. The molecule has 1 fully saturated rings. The van der Waals surface area contributed by atoms with Crippen LogP contribution in [0.1, 0.15) is 12.0 Å². The predicted molar refractivity (Wildman–Crippen MR) is 103 cm³/mol. The lowest BCUT2D eigenvalue weighted by atomic mass is 10.1. The molecule has 2 aliphatic heterocycles. The van der Waals surface area contributed by atoms with Crippen LogP contribution in [0.3, 0.4) is 0 Å². The molecular formula is C20H25N3O6. The minimum Gasteiger partial charge on any atom is -0.462 e. The van der Waals surface area contributed by atoms with E-state index in [1.807, 2.05) is 30.3 Å². The summed E-state index contributed by atoms with van der Waals surface area (Å²) in [5, 5.41) is 20.6. The molecule has 2 heterocycles. The number of carbonyl (C=O) groups is 2. The Kier molecular flexibility index (Phi) is 6.65. The van der Waals surface area contributed by atoms with Gasteiger partial charge in [-0.15, -0.1) is 0 Å². The summed E-state index contributed by atoms with van der Waals surface area (Å²) in [5.74, 6) is -1.21. The van der Waals surface area contributed by atoms with Gasteiger partial charge in [-0.1, -0.05) is 36.4 Å². The molecule has 1 saturated heterocycles. The number of primary amides is 1. The van der Waals surface area contributed by atoms with E-state index >= 15 is 0 Å². The lowest BCUT2D eigenvalue weighted by molar-refractivity contribution is -0.152. The van der Waals surface area contributed by atoms with Crippen molar-refractivity contribution in [3.8, 4) is 0 Å². The number of rotatable bonds is 7. The fraction of sp³-hybridized carbons (Fsp3) is 0.400. The van der Waals surface area contributed by atoms with Crippen molar-refractivity contribution in [3.05, 3.63) is 59.9 Å². The van der Waals surface area contributed by atoms with Crippen molar-refractivity contribution in [2.45, 2.75) is 43.4 Å². The van der Waals surface area contributed by atoms with Gasteiger partial charge in [0, 0.05) is 18.0 Å². The van der Waals surface area contributed by atoms with Gasteiger partial charge in [-0.25, -0.2) is 0 Å². The van der Waals surface area contributed by atoms with Crippen LogP contribution in [0, 0.1) is 0 Å². The SMILES string of the molecule is NC(=O)C1=CN([C@@H]2O[C@H](COC(=O)[C@@H](N)Cc3ccccc3)[C@@H](O)[C@H]2O)C=CC1. The highest BCUT2D eigenvalue weighted by molar-refractivity contribution is 5.92. The van der Waals surface area contributed by atoms with Crippen LogP contribution in [0.5, 0.6) is 0 Å². The first-order chi connectivity index (χ1) is 13.9. The van der Waals surface area contributed by atoms with Crippen molar-refractivity contribution in [2.24, 2.45) is 11.5 Å². The highest BCUT2D eigenvalue weighted by Gasteiger charge is 2.45. The van der Waals surface area contributed by atoms with E-state index in [9.17, 15) is 19.8 Å². The number of aliphatic hydroxyl groups is 2. The number of esters is 1. The molecule has 6 N–H and O–H groups in total. The molecule has 0 unspecified atom stereocenters. The molecular weight excluding hydrogens is 378 g/mol. The summed E-state index contributed by atoms with van der Waals surface area (Å²) in [4.78, 5) is 25.0. The molecule has 1 amide bonds. The average molecular weight is 403 g/mol. The van der Waals surface area contributed by atoms with Crippen LogP contribution in [0.4, 0.5) is 0 Å². The first kappa shape index (κ1) is 21.0. The van der Waals surface area contributed by atoms with Crippen molar-refractivity contribution in [2.75, 3.05) is 6.61 Å². The smallest absolute Gasteiger partial charge is 0.323 e. The molecule has 9 heteroatoms. The van der Waals surface area contributed by atoms with Crippen molar-refractivity contribution in [1.82, 2.24) is 4.90 Å². The van der Waals surface area contributed by atoms with Gasteiger partial charge in [0.1, 0.15) is 31.0 Å². The van der Waals surface area contributed by atoms with Gasteiger partial charge in [0.25, 0.3) is 0 Å². The Morgan fingerprint density at radius 2 is 1.97 bits per heavy atom. The zero-order valence-electron chi connectivity index (χ0n) is 15.8. The average Bonchev–Trinajstić information content (AvgIpc) is 3.01. The molecule has 0 saturated carbocycles. The van der Waals surface area contributed by atoms with E-state index in [-0.39, 0.29) is 6.61 Å². The number of allylic oxidation sites excluding steroid dienone is 1. The van der Waals surface area contributed by atoms with E-state index in [2.05, 4.69) is 0 Å². The number of nitrogens with zero attached hydrogens (tertiary/aromatic N) is 1. The normalized spacial score (nSPS) is 27.4. The zero-order chi connectivity index (χ0) is 21.0. The second kappa shape index (κ2) is 9.19. The van der Waals surface area contributed by atoms with E-state index in [4.69, 9.17) is 20.9 Å². The van der Waals surface area contributed by atoms with Crippen molar-refractivity contribution in [3.63, 3.8) is 0 Å². The molecule has 0 bridgehead atoms. The molecule has 29 heavy (non-hydrogen) atoms. The number of hydrogen-bond donors (Lipinski definition) is 4. The summed E-state index contributed by atoms with van der Waals surface area (Å²) in [7, 11) is 0. The Morgan fingerprint density at radius 1 is 1.24 bits per heavy atom. The fourth-order valence-corrected chi connectivity index (χ4v) is 3.24. The van der Waals surface area contributed by atoms with Gasteiger partial charge in [-0.2, -0.15) is 0 Å². The first-order valence-electron chi connectivity index (χ1n) is 9.29. The van der Waals surface area contributed by atoms with E-state index in [0.29, 0.717) is 18.4 Å². The van der Waals surface area contributed by atoms with Gasteiger partial charge in [0.15, 0.2) is 6.23 Å². The molecule has 3 rings (SSSR count). The molecule has 156 valence electrons. The molecule has 0 spiro atoms. The van der Waals surface area contributed by atoms with E-state index in [0.717, 1.165) is 5.56 Å². The fourth-order valence-electron chi connectivity index (χ4n) is 3.24. The minimum atomic E-state index is -1.28. The van der Waals surface area contributed by atoms with Gasteiger partial charge in [0.05, 0.1) is 0 Å². The van der Waals surface area contributed by atoms with Crippen molar-refractivity contribution < 1.29 is 29.3 Å². The summed E-state index contributed by atoms with van der Waals surface area (Å²) in [6.07, 6.45) is 1.03. The van der Waals surface area contributed by atoms with Gasteiger partial charge in [-0.3, -0.25) is 9.59 Å². The maximum Gasteiger partial charge on any atom is 0.323 e. The summed E-state index contributed by atoms with van der Waals surface area (Å²) < 4.78 is 10.8. The number of ether oxygens (including phenoxy) is 2. The van der Waals surface area contributed by atoms with Crippen LogP contribution < -0.4 is 11.5 Å². The Hall–Kier alpha value is -2.72. The van der Waals surface area contributed by atoms with Crippen LogP contribution >= 0.6 is 0 Å². The molecule has 0 aliphatic carbocycles. The lowest BCUT2D eigenvalue weighted by Crippen LogP contribution is -2.40. The Bertz CT molecular complexity index is 797. The Morgan fingerprint density at radius 3 is 2.66 bits per heavy atom. The van der Waals surface area contributed by atoms with Crippen LogP contribution in [0.2, 0.25) is 0 Å². The van der Waals surface area contributed by atoms with E-state index < -0.39 is 42.5 Å². The Labute approximate surface area is 168 Å². The highest BCUT2D eigenvalue weighted by atomic mass is 16.6. The maximum atomic E-state index is 12.2. The van der Waals surface area contributed by atoms with E-state index in [1.54, 1.807) is 12.3 Å². The zero-order valence-corrected chi connectivity index (χ0v) is 15.8. The molecule has 0 radical (unpaired) electrons. The van der Waals surface area contributed by atoms with Gasteiger partial charge in [0.2, 0.25) is 5.91 Å². The third-order valence-electron chi connectivity index (χ3n) is 4.86. The van der Waals surface area contributed by atoms with Crippen LogP contribution in [-0.4, -0.2) is 64.2 Å². The molecule has 1 aromatic rings. The highest BCUT2D eigenvalue weighted by Crippen LogP contribution is 2.27. The monoisotopic (exact) mass is 403 g/mol. The molecule has 1 aromatic carbocycles. The maximum absolute atomic E-state index is 12.2. The first-order valence-corrected chi connectivity index (χ1v) is 9.29. The predicted octanol–water partition coefficient (Wildman–Crippen LogP) is -0.865. The molecule has 2 aliphatic rings. The molecule has 5 atom stereocenters. The van der Waals surface area contributed by atoms with Crippen LogP contribution in [-0.2, 0) is 25.5 Å². The third kappa shape index (κ3) is 5.01. The Balaban J connectivity index is 1.55. The summed E-state index contributed by atoms with van der Waals surface area (Å²) in [5.41, 5.74) is 12.4. The molecule has 9 nitrogen and oxygen atoms in total. The number of aliphatic hydroxyl groups excluding tert-OH is 2. The van der Waals surface area contributed by atoms with E-state index in [1.165, 1.54) is 11.1 Å². The third-order valence-corrected chi connectivity index (χ3v) is 4.86. The largest absolute Gasteiger partial charge is 0.462 e. The number of nitrogens with two attached hydrogens (primary N) is 2. The number of amides is 1. The van der Waals surface area contributed by atoms with Crippen LogP contribution in [0.25, 0.3) is 0 Å². The van der Waals surface area contributed by atoms with Gasteiger partial charge >= 0.3 is 5.97 Å². The number of hydrogen-bond acceptors (Lipinski definition) is 8. The summed E-state index contributed by atoms with van der Waals surface area (Å²) >= 11 is 0. The summed E-state index contributed by atoms with van der Waals surface area (Å²) in [6, 6.07) is 8.43. The quantitative estimate of drug-likeness (QED) is 0.430. The standard InChI is InChI=1S/C20H25N3O6/c21-14(9-12-5-2-1-3-6-12)20(27)28-11-15-16(24)17(25)19(29-15)23-8-4-7-13(10-23)18(22)26/h1-6,8,10,14-17,19,24-25H,7,9,11,21H2,(H2,22,26)/t14-,15+,16+,17+,19+/m0/s1. The van der Waals surface area contributed by atoms with Crippen molar-refractivity contribution >= 4 is 11.9 Å². The van der Waals surface area contributed by atoms with Crippen molar-refractivity contribution in [1.29, 1.82) is 0 Å². The molecule has 0 aromatic heterocycles. The van der Waals surface area contributed by atoms with Crippen LogP contribution in [0.15, 0.2) is 54.4 Å². The number of carbonyl (C=O) groups excluding carboxylic acids is 2. The van der Waals surface area contributed by atoms with Gasteiger partial charge < -0.3 is 36.1 Å². The lowest BCUT2D eigenvalue weighted by Gasteiger charge is -2.28. The second-order valence-corrected chi connectivity index (χ2v) is 7.03.